The van der Waals surface area contributed by atoms with E-state index in [0.717, 1.165) is 30.7 Å². The summed E-state index contributed by atoms with van der Waals surface area (Å²) >= 11 is 0. The summed E-state index contributed by atoms with van der Waals surface area (Å²) in [6, 6.07) is 10.8. The van der Waals surface area contributed by atoms with Gasteiger partial charge >= 0.3 is 0 Å². The van der Waals surface area contributed by atoms with Crippen LogP contribution in [-0.4, -0.2) is 26.2 Å². The molecule has 25 heavy (non-hydrogen) atoms. The third-order valence-electron chi connectivity index (χ3n) is 4.71. The second kappa shape index (κ2) is 6.80. The number of ether oxygens (including phenoxy) is 1. The summed E-state index contributed by atoms with van der Waals surface area (Å²) in [6.45, 7) is 2.78. The zero-order valence-corrected chi connectivity index (χ0v) is 14.2. The lowest BCUT2D eigenvalue weighted by molar-refractivity contribution is -0.0130. The van der Waals surface area contributed by atoms with E-state index in [0.29, 0.717) is 18.3 Å². The van der Waals surface area contributed by atoms with Crippen LogP contribution in [0.15, 0.2) is 48.8 Å². The molecule has 2 aromatic heterocycles. The number of aryl methyl sites for hydroxylation is 1. The predicted molar refractivity (Wildman–Crippen MR) is 92.1 cm³/mol. The van der Waals surface area contributed by atoms with Crippen molar-refractivity contribution in [2.24, 2.45) is 0 Å². The molecule has 0 aliphatic carbocycles. The van der Waals surface area contributed by atoms with Gasteiger partial charge in [-0.3, -0.25) is 4.68 Å². The van der Waals surface area contributed by atoms with Crippen LogP contribution in [-0.2, 0) is 11.2 Å². The van der Waals surface area contributed by atoms with Gasteiger partial charge in [-0.25, -0.2) is 9.07 Å². The Morgan fingerprint density at radius 1 is 1.28 bits per heavy atom. The molecule has 1 aliphatic heterocycles. The third-order valence-corrected chi connectivity index (χ3v) is 4.71. The fourth-order valence-electron chi connectivity index (χ4n) is 3.38. The van der Waals surface area contributed by atoms with Gasteiger partial charge in [0, 0.05) is 25.4 Å². The Balaban J connectivity index is 1.59. The van der Waals surface area contributed by atoms with E-state index in [1.165, 1.54) is 12.1 Å². The number of aromatic nitrogens is 4. The molecule has 0 radical (unpaired) electrons. The molecule has 3 heterocycles. The number of halogens is 1. The normalized spacial score (nSPS) is 20.7. The molecule has 2 unspecified atom stereocenters. The summed E-state index contributed by atoms with van der Waals surface area (Å²) in [5.41, 5.74) is 2.75. The Morgan fingerprint density at radius 2 is 2.20 bits per heavy atom. The molecule has 0 amide bonds. The highest BCUT2D eigenvalue weighted by Gasteiger charge is 2.28. The molecule has 1 aliphatic rings. The van der Waals surface area contributed by atoms with Gasteiger partial charge in [-0.05, 0) is 43.2 Å². The minimum absolute atomic E-state index is 0.0845. The monoisotopic (exact) mass is 340 g/mol. The van der Waals surface area contributed by atoms with Crippen LogP contribution in [0.4, 0.5) is 4.39 Å². The first kappa shape index (κ1) is 16.0. The van der Waals surface area contributed by atoms with Crippen molar-refractivity contribution in [1.82, 2.24) is 19.6 Å². The van der Waals surface area contributed by atoms with Crippen LogP contribution in [0.3, 0.4) is 0 Å². The third kappa shape index (κ3) is 3.22. The molecular formula is C19H21FN4O. The van der Waals surface area contributed by atoms with E-state index in [1.807, 2.05) is 12.1 Å². The molecule has 1 saturated heterocycles. The number of hydrogen-bond acceptors (Lipinski definition) is 3. The van der Waals surface area contributed by atoms with Gasteiger partial charge in [0.2, 0.25) is 0 Å². The van der Waals surface area contributed by atoms with Crippen molar-refractivity contribution in [3.63, 3.8) is 0 Å². The minimum Gasteiger partial charge on any atom is -0.372 e. The standard InChI is InChI=1S/C19H21FN4O/c1-2-15-7-10-23(22-15)16-8-11-25-19(13-16)18-6-9-21-24(18)17-5-3-4-14(20)12-17/h3-7,9-10,12,16,19H,2,8,11,13H2,1H3. The number of nitrogens with zero attached hydrogens (tertiary/aromatic N) is 4. The Kier molecular flexibility index (Phi) is 4.36. The molecule has 2 atom stereocenters. The van der Waals surface area contributed by atoms with Crippen LogP contribution in [0.5, 0.6) is 0 Å². The first-order valence-corrected chi connectivity index (χ1v) is 8.70. The van der Waals surface area contributed by atoms with E-state index >= 15 is 0 Å². The topological polar surface area (TPSA) is 44.9 Å². The van der Waals surface area contributed by atoms with Crippen LogP contribution in [0.25, 0.3) is 5.69 Å². The second-order valence-electron chi connectivity index (χ2n) is 6.33. The summed E-state index contributed by atoms with van der Waals surface area (Å²) in [5.74, 6) is -0.273. The number of hydrogen-bond donors (Lipinski definition) is 0. The smallest absolute Gasteiger partial charge is 0.125 e. The molecule has 6 heteroatoms. The van der Waals surface area contributed by atoms with Crippen LogP contribution in [0.1, 0.15) is 43.3 Å². The quantitative estimate of drug-likeness (QED) is 0.724. The Bertz CT molecular complexity index is 856. The van der Waals surface area contributed by atoms with Crippen molar-refractivity contribution in [2.45, 2.75) is 38.3 Å². The highest BCUT2D eigenvalue weighted by Crippen LogP contribution is 2.34. The van der Waals surface area contributed by atoms with E-state index in [2.05, 4.69) is 34.1 Å². The van der Waals surface area contributed by atoms with Gasteiger partial charge in [-0.15, -0.1) is 0 Å². The Labute approximate surface area is 146 Å². The van der Waals surface area contributed by atoms with Crippen molar-refractivity contribution >= 4 is 0 Å². The molecule has 0 N–H and O–H groups in total. The first-order valence-electron chi connectivity index (χ1n) is 8.70. The second-order valence-corrected chi connectivity index (χ2v) is 6.33. The maximum Gasteiger partial charge on any atom is 0.125 e. The number of rotatable bonds is 4. The van der Waals surface area contributed by atoms with Crippen molar-refractivity contribution in [2.75, 3.05) is 6.61 Å². The van der Waals surface area contributed by atoms with E-state index in [9.17, 15) is 4.39 Å². The molecule has 130 valence electrons. The molecular weight excluding hydrogens is 319 g/mol. The van der Waals surface area contributed by atoms with Crippen molar-refractivity contribution < 1.29 is 9.13 Å². The van der Waals surface area contributed by atoms with Crippen molar-refractivity contribution in [1.29, 1.82) is 0 Å². The van der Waals surface area contributed by atoms with Gasteiger partial charge in [0.05, 0.1) is 23.1 Å². The van der Waals surface area contributed by atoms with Crippen LogP contribution in [0, 0.1) is 5.82 Å². The highest BCUT2D eigenvalue weighted by atomic mass is 19.1. The van der Waals surface area contributed by atoms with Crippen molar-refractivity contribution in [3.8, 4) is 5.69 Å². The van der Waals surface area contributed by atoms with Crippen LogP contribution >= 0.6 is 0 Å². The first-order chi connectivity index (χ1) is 12.2. The minimum atomic E-state index is -0.273. The lowest BCUT2D eigenvalue weighted by Gasteiger charge is -2.30. The van der Waals surface area contributed by atoms with Gasteiger partial charge in [0.15, 0.2) is 0 Å². The largest absolute Gasteiger partial charge is 0.372 e. The lowest BCUT2D eigenvalue weighted by atomic mass is 10.0. The SMILES string of the molecule is CCc1ccn(C2CCOC(c3ccnn3-c3cccc(F)c3)C2)n1. The van der Waals surface area contributed by atoms with Crippen LogP contribution in [0.2, 0.25) is 0 Å². The molecule has 0 bridgehead atoms. The predicted octanol–water partition coefficient (Wildman–Crippen LogP) is 3.86. The van der Waals surface area contributed by atoms with Gasteiger partial charge in [0.1, 0.15) is 11.9 Å². The van der Waals surface area contributed by atoms with E-state index in [4.69, 9.17) is 4.74 Å². The fraction of sp³-hybridized carbons (Fsp3) is 0.368. The van der Waals surface area contributed by atoms with Gasteiger partial charge in [-0.2, -0.15) is 10.2 Å². The molecule has 4 rings (SSSR count). The molecule has 1 fully saturated rings. The summed E-state index contributed by atoms with van der Waals surface area (Å²) in [4.78, 5) is 0. The van der Waals surface area contributed by atoms with Gasteiger partial charge in [0.25, 0.3) is 0 Å². The summed E-state index contributed by atoms with van der Waals surface area (Å²) in [6.07, 6.45) is 6.40. The average Bonchev–Trinajstić information content (AvgIpc) is 3.31. The average molecular weight is 340 g/mol. The lowest BCUT2D eigenvalue weighted by Crippen LogP contribution is -2.24. The Morgan fingerprint density at radius 3 is 3.00 bits per heavy atom. The molecule has 0 spiro atoms. The highest BCUT2D eigenvalue weighted by molar-refractivity contribution is 5.33. The summed E-state index contributed by atoms with van der Waals surface area (Å²) in [7, 11) is 0. The summed E-state index contributed by atoms with van der Waals surface area (Å²) < 4.78 is 23.4. The Hall–Kier alpha value is -2.47. The van der Waals surface area contributed by atoms with Gasteiger partial charge < -0.3 is 4.74 Å². The zero-order valence-electron chi connectivity index (χ0n) is 14.2. The summed E-state index contributed by atoms with van der Waals surface area (Å²) in [5, 5.41) is 9.01. The van der Waals surface area contributed by atoms with E-state index in [1.54, 1.807) is 16.9 Å². The maximum absolute atomic E-state index is 13.6. The maximum atomic E-state index is 13.6. The van der Waals surface area contributed by atoms with Crippen molar-refractivity contribution in [3.05, 3.63) is 66.0 Å². The van der Waals surface area contributed by atoms with Crippen LogP contribution < -0.4 is 0 Å². The fourth-order valence-corrected chi connectivity index (χ4v) is 3.38. The molecule has 3 aromatic rings. The van der Waals surface area contributed by atoms with E-state index < -0.39 is 0 Å². The number of benzene rings is 1. The zero-order chi connectivity index (χ0) is 17.2. The molecule has 5 nitrogen and oxygen atoms in total. The van der Waals surface area contributed by atoms with E-state index in [-0.39, 0.29) is 11.9 Å². The molecule has 0 saturated carbocycles. The van der Waals surface area contributed by atoms with Gasteiger partial charge in [-0.1, -0.05) is 13.0 Å². The molecule has 1 aromatic carbocycles.